The van der Waals surface area contributed by atoms with Crippen LogP contribution >= 0.6 is 0 Å². The van der Waals surface area contributed by atoms with E-state index in [2.05, 4.69) is 0 Å². The van der Waals surface area contributed by atoms with Gasteiger partial charge in [0.25, 0.3) is 0 Å². The Morgan fingerprint density at radius 3 is 1.21 bits per heavy atom. The first-order chi connectivity index (χ1) is 16.0. The van der Waals surface area contributed by atoms with Gasteiger partial charge in [-0.2, -0.15) is 0 Å². The van der Waals surface area contributed by atoms with Crippen molar-refractivity contribution in [3.05, 3.63) is 131 Å². The molecule has 0 aromatic heterocycles. The van der Waals surface area contributed by atoms with Gasteiger partial charge in [-0.15, -0.1) is 0 Å². The van der Waals surface area contributed by atoms with Crippen LogP contribution in [0.1, 0.15) is 31.8 Å². The SMILES string of the molecule is O=C(Cc1ccccc1S(=O)(=O)c1ccccc1CC(=O)c1ccccc1)c1ccccc1. The third-order valence-corrected chi connectivity index (χ3v) is 7.37. The minimum Gasteiger partial charge on any atom is -0.294 e. The first-order valence-corrected chi connectivity index (χ1v) is 12.0. The zero-order valence-corrected chi connectivity index (χ0v) is 18.7. The second kappa shape index (κ2) is 9.76. The highest BCUT2D eigenvalue weighted by Gasteiger charge is 2.25. The Hall–Kier alpha value is -3.83. The van der Waals surface area contributed by atoms with Crippen molar-refractivity contribution in [2.24, 2.45) is 0 Å². The van der Waals surface area contributed by atoms with Gasteiger partial charge in [-0.25, -0.2) is 8.42 Å². The van der Waals surface area contributed by atoms with Gasteiger partial charge in [-0.3, -0.25) is 9.59 Å². The highest BCUT2D eigenvalue weighted by atomic mass is 32.2. The third kappa shape index (κ3) is 4.99. The van der Waals surface area contributed by atoms with E-state index in [9.17, 15) is 18.0 Å². The van der Waals surface area contributed by atoms with E-state index in [4.69, 9.17) is 0 Å². The van der Waals surface area contributed by atoms with Crippen molar-refractivity contribution in [3.63, 3.8) is 0 Å². The van der Waals surface area contributed by atoms with Crippen LogP contribution in [0.5, 0.6) is 0 Å². The number of hydrogen-bond acceptors (Lipinski definition) is 4. The number of Topliss-reactive ketones (excluding diaryl/α,β-unsaturated/α-hetero) is 2. The summed E-state index contributed by atoms with van der Waals surface area (Å²) in [6.45, 7) is 0. The molecule has 4 aromatic carbocycles. The molecule has 0 amide bonds. The molecule has 0 N–H and O–H groups in total. The van der Waals surface area contributed by atoms with Gasteiger partial charge in [0.15, 0.2) is 11.6 Å². The minimum absolute atomic E-state index is 0.0372. The van der Waals surface area contributed by atoms with E-state index in [-0.39, 0.29) is 34.2 Å². The second-order valence-corrected chi connectivity index (χ2v) is 9.54. The van der Waals surface area contributed by atoms with Crippen molar-refractivity contribution in [3.8, 4) is 0 Å². The average molecular weight is 455 g/mol. The van der Waals surface area contributed by atoms with Crippen LogP contribution in [0.4, 0.5) is 0 Å². The maximum atomic E-state index is 13.7. The molecule has 0 heterocycles. The highest BCUT2D eigenvalue weighted by Crippen LogP contribution is 2.28. The lowest BCUT2D eigenvalue weighted by atomic mass is 10.0. The third-order valence-electron chi connectivity index (χ3n) is 5.42. The molecule has 0 atom stereocenters. The van der Waals surface area contributed by atoms with Crippen molar-refractivity contribution in [1.29, 1.82) is 0 Å². The van der Waals surface area contributed by atoms with Gasteiger partial charge in [-0.1, -0.05) is 97.1 Å². The van der Waals surface area contributed by atoms with Gasteiger partial charge >= 0.3 is 0 Å². The van der Waals surface area contributed by atoms with E-state index in [0.717, 1.165) is 0 Å². The molecule has 0 radical (unpaired) electrons. The molecule has 4 nitrogen and oxygen atoms in total. The number of carbonyl (C=O) groups is 2. The molecule has 0 fully saturated rings. The number of ketones is 2. The van der Waals surface area contributed by atoms with E-state index < -0.39 is 9.84 Å². The van der Waals surface area contributed by atoms with E-state index >= 15 is 0 Å². The molecular weight excluding hydrogens is 432 g/mol. The quantitative estimate of drug-likeness (QED) is 0.336. The average Bonchev–Trinajstić information content (AvgIpc) is 2.85. The fraction of sp³-hybridized carbons (Fsp3) is 0.0714. The van der Waals surface area contributed by atoms with Crippen molar-refractivity contribution in [2.45, 2.75) is 22.6 Å². The van der Waals surface area contributed by atoms with Crippen LogP contribution < -0.4 is 0 Å². The van der Waals surface area contributed by atoms with Crippen molar-refractivity contribution < 1.29 is 18.0 Å². The van der Waals surface area contributed by atoms with E-state index in [1.807, 2.05) is 12.1 Å². The molecule has 33 heavy (non-hydrogen) atoms. The van der Waals surface area contributed by atoms with Crippen LogP contribution in [0.2, 0.25) is 0 Å². The topological polar surface area (TPSA) is 68.3 Å². The fourth-order valence-corrected chi connectivity index (χ4v) is 5.46. The number of rotatable bonds is 8. The van der Waals surface area contributed by atoms with Crippen LogP contribution in [-0.2, 0) is 22.7 Å². The molecule has 0 saturated carbocycles. The predicted molar refractivity (Wildman–Crippen MR) is 127 cm³/mol. The molecule has 164 valence electrons. The van der Waals surface area contributed by atoms with Gasteiger partial charge in [0, 0.05) is 24.0 Å². The van der Waals surface area contributed by atoms with Gasteiger partial charge in [-0.05, 0) is 23.3 Å². The Kier molecular flexibility index (Phi) is 6.61. The van der Waals surface area contributed by atoms with Crippen LogP contribution in [0.25, 0.3) is 0 Å². The molecule has 0 unspecified atom stereocenters. The zero-order valence-electron chi connectivity index (χ0n) is 17.8. The van der Waals surface area contributed by atoms with Crippen LogP contribution in [-0.4, -0.2) is 20.0 Å². The largest absolute Gasteiger partial charge is 0.294 e. The Morgan fingerprint density at radius 1 is 0.485 bits per heavy atom. The van der Waals surface area contributed by atoms with Gasteiger partial charge in [0.1, 0.15) is 0 Å². The maximum absolute atomic E-state index is 13.7. The Morgan fingerprint density at radius 2 is 0.818 bits per heavy atom. The summed E-state index contributed by atoms with van der Waals surface area (Å²) in [6, 6.07) is 30.6. The number of benzene rings is 4. The lowest BCUT2D eigenvalue weighted by Gasteiger charge is -2.14. The summed E-state index contributed by atoms with van der Waals surface area (Å²) in [6.07, 6.45) is -0.0743. The number of carbonyl (C=O) groups excluding carboxylic acids is 2. The second-order valence-electron chi connectivity index (χ2n) is 7.65. The number of hydrogen-bond donors (Lipinski definition) is 0. The standard InChI is InChI=1S/C28H22O4S/c29-25(21-11-3-1-4-12-21)19-23-15-7-9-17-27(23)33(31,32)28-18-10-8-16-24(28)20-26(30)22-13-5-2-6-14-22/h1-18H,19-20H2. The summed E-state index contributed by atoms with van der Waals surface area (Å²) in [7, 11) is -3.96. The van der Waals surface area contributed by atoms with E-state index in [1.165, 1.54) is 12.1 Å². The molecule has 0 spiro atoms. The molecule has 0 bridgehead atoms. The molecule has 0 aliphatic carbocycles. The lowest BCUT2D eigenvalue weighted by Crippen LogP contribution is -2.13. The Labute approximate surface area is 193 Å². The summed E-state index contributed by atoms with van der Waals surface area (Å²) in [5.74, 6) is -0.323. The molecule has 4 rings (SSSR count). The first-order valence-electron chi connectivity index (χ1n) is 10.5. The summed E-state index contributed by atoms with van der Waals surface area (Å²) < 4.78 is 27.4. The van der Waals surface area contributed by atoms with Gasteiger partial charge in [0.2, 0.25) is 9.84 Å². The zero-order chi connectivity index (χ0) is 23.3. The Balaban J connectivity index is 1.69. The van der Waals surface area contributed by atoms with E-state index in [0.29, 0.717) is 22.3 Å². The smallest absolute Gasteiger partial charge is 0.207 e. The first kappa shape index (κ1) is 22.4. The molecule has 0 aliphatic rings. The summed E-state index contributed by atoms with van der Waals surface area (Å²) >= 11 is 0. The van der Waals surface area contributed by atoms with E-state index in [1.54, 1.807) is 84.9 Å². The molecule has 4 aromatic rings. The molecular formula is C28H22O4S. The number of sulfone groups is 1. The maximum Gasteiger partial charge on any atom is 0.207 e. The van der Waals surface area contributed by atoms with Gasteiger partial charge < -0.3 is 0 Å². The molecule has 0 saturated heterocycles. The van der Waals surface area contributed by atoms with Gasteiger partial charge in [0.05, 0.1) is 9.79 Å². The molecule has 5 heteroatoms. The fourth-order valence-electron chi connectivity index (χ4n) is 3.74. The highest BCUT2D eigenvalue weighted by molar-refractivity contribution is 7.91. The Bertz CT molecular complexity index is 1290. The molecule has 0 aliphatic heterocycles. The van der Waals surface area contributed by atoms with Crippen molar-refractivity contribution >= 4 is 21.4 Å². The van der Waals surface area contributed by atoms with Crippen molar-refractivity contribution in [2.75, 3.05) is 0 Å². The predicted octanol–water partition coefficient (Wildman–Crippen LogP) is 5.37. The minimum atomic E-state index is -3.96. The lowest BCUT2D eigenvalue weighted by molar-refractivity contribution is 0.0984. The normalized spacial score (nSPS) is 11.2. The summed E-state index contributed by atoms with van der Waals surface area (Å²) in [4.78, 5) is 25.7. The van der Waals surface area contributed by atoms with Crippen LogP contribution in [0.3, 0.4) is 0 Å². The summed E-state index contributed by atoms with van der Waals surface area (Å²) in [5.41, 5.74) is 1.91. The van der Waals surface area contributed by atoms with Crippen LogP contribution in [0, 0.1) is 0 Å². The monoisotopic (exact) mass is 454 g/mol. The van der Waals surface area contributed by atoms with Crippen LogP contribution in [0.15, 0.2) is 119 Å². The summed E-state index contributed by atoms with van der Waals surface area (Å²) in [5, 5.41) is 0. The van der Waals surface area contributed by atoms with Crippen molar-refractivity contribution in [1.82, 2.24) is 0 Å².